The third kappa shape index (κ3) is 3.77. The lowest BCUT2D eigenvalue weighted by molar-refractivity contribution is 0.355. The van der Waals surface area contributed by atoms with E-state index in [2.05, 4.69) is 19.9 Å². The molecule has 2 heterocycles. The van der Waals surface area contributed by atoms with Crippen LogP contribution in [0.15, 0.2) is 51.3 Å². The first-order valence-electron chi connectivity index (χ1n) is 10.3. The molecular formula is C26H28O6. The number of ether oxygens (including phenoxy) is 4. The Labute approximate surface area is 187 Å². The number of benzene rings is 2. The molecule has 168 valence electrons. The summed E-state index contributed by atoms with van der Waals surface area (Å²) in [6, 6.07) is 11.6. The van der Waals surface area contributed by atoms with Gasteiger partial charge >= 0.3 is 0 Å². The minimum atomic E-state index is -0.377. The number of hydrogen-bond donors (Lipinski definition) is 0. The first-order chi connectivity index (χ1) is 15.3. The first kappa shape index (κ1) is 21.7. The molecule has 0 bridgehead atoms. The van der Waals surface area contributed by atoms with Crippen LogP contribution in [0.5, 0.6) is 23.0 Å². The average molecular weight is 437 g/mol. The Hall–Kier alpha value is -3.54. The topological polar surface area (TPSA) is 63.2 Å². The average Bonchev–Trinajstić information content (AvgIpc) is 3.40. The van der Waals surface area contributed by atoms with Gasteiger partial charge in [0.2, 0.25) is 0 Å². The smallest absolute Gasteiger partial charge is 0.164 e. The van der Waals surface area contributed by atoms with E-state index in [1.54, 1.807) is 28.4 Å². The van der Waals surface area contributed by atoms with Crippen LogP contribution >= 0.6 is 0 Å². The van der Waals surface area contributed by atoms with E-state index in [4.69, 9.17) is 27.8 Å². The fourth-order valence-electron chi connectivity index (χ4n) is 3.93. The summed E-state index contributed by atoms with van der Waals surface area (Å²) in [5, 5.41) is 1.91. The van der Waals surface area contributed by atoms with Gasteiger partial charge in [-0.3, -0.25) is 0 Å². The van der Waals surface area contributed by atoms with E-state index >= 15 is 0 Å². The molecular weight excluding hydrogens is 408 g/mol. The van der Waals surface area contributed by atoms with Crippen LogP contribution in [0.25, 0.3) is 27.5 Å². The van der Waals surface area contributed by atoms with Gasteiger partial charge in [-0.2, -0.15) is 0 Å². The molecule has 32 heavy (non-hydrogen) atoms. The molecule has 6 nitrogen and oxygen atoms in total. The highest BCUT2D eigenvalue weighted by atomic mass is 16.5. The lowest BCUT2D eigenvalue weighted by atomic mass is 9.87. The van der Waals surface area contributed by atoms with Crippen LogP contribution in [0, 0.1) is 0 Å². The maximum atomic E-state index is 6.19. The van der Waals surface area contributed by atoms with Gasteiger partial charge < -0.3 is 27.8 Å². The summed E-state index contributed by atoms with van der Waals surface area (Å²) in [4.78, 5) is 0. The molecule has 6 heteroatoms. The van der Waals surface area contributed by atoms with Crippen LogP contribution in [0.2, 0.25) is 0 Å². The first-order valence-corrected chi connectivity index (χ1v) is 10.3. The van der Waals surface area contributed by atoms with Crippen LogP contribution in [-0.2, 0) is 5.41 Å². The monoisotopic (exact) mass is 436 g/mol. The molecule has 0 saturated heterocycles. The zero-order valence-electron chi connectivity index (χ0n) is 19.5. The van der Waals surface area contributed by atoms with Crippen molar-refractivity contribution < 1.29 is 27.8 Å². The Morgan fingerprint density at radius 3 is 1.69 bits per heavy atom. The number of fused-ring (bicyclic) bond motifs is 2. The summed E-state index contributed by atoms with van der Waals surface area (Å²) >= 11 is 0. The van der Waals surface area contributed by atoms with Gasteiger partial charge in [0.25, 0.3) is 0 Å². The lowest BCUT2D eigenvalue weighted by Crippen LogP contribution is -2.12. The van der Waals surface area contributed by atoms with Crippen molar-refractivity contribution in [1.29, 1.82) is 0 Å². The molecule has 0 N–H and O–H groups in total. The van der Waals surface area contributed by atoms with Crippen molar-refractivity contribution in [1.82, 2.24) is 0 Å². The largest absolute Gasteiger partial charge is 0.493 e. The molecule has 2 aromatic carbocycles. The second kappa shape index (κ2) is 8.19. The number of furan rings is 2. The molecule has 0 aliphatic carbocycles. The number of allylic oxidation sites excluding steroid dienone is 2. The van der Waals surface area contributed by atoms with E-state index in [0.717, 1.165) is 39.0 Å². The molecule has 4 aromatic rings. The number of methoxy groups -OCH3 is 4. The Morgan fingerprint density at radius 2 is 1.16 bits per heavy atom. The second-order valence-electron chi connectivity index (χ2n) is 8.26. The van der Waals surface area contributed by atoms with Crippen molar-refractivity contribution in [2.24, 2.45) is 0 Å². The van der Waals surface area contributed by atoms with Crippen molar-refractivity contribution in [3.05, 3.63) is 54.0 Å². The van der Waals surface area contributed by atoms with E-state index < -0.39 is 0 Å². The predicted octanol–water partition coefficient (Wildman–Crippen LogP) is 6.59. The number of rotatable bonds is 7. The van der Waals surface area contributed by atoms with Crippen molar-refractivity contribution in [2.45, 2.75) is 26.2 Å². The van der Waals surface area contributed by atoms with Crippen LogP contribution in [0.1, 0.15) is 32.3 Å². The SMILES string of the molecule is COc1cc2cc(C(C)=CC(C)(C)c3cc4cc(OC)c(OC)cc4o3)oc2cc1OC. The quantitative estimate of drug-likeness (QED) is 0.325. The summed E-state index contributed by atoms with van der Waals surface area (Å²) in [5.74, 6) is 4.23. The van der Waals surface area contributed by atoms with Gasteiger partial charge in [0.1, 0.15) is 22.7 Å². The van der Waals surface area contributed by atoms with Crippen molar-refractivity contribution >= 4 is 27.5 Å². The van der Waals surface area contributed by atoms with Gasteiger partial charge in [0, 0.05) is 28.3 Å². The summed E-state index contributed by atoms with van der Waals surface area (Å²) < 4.78 is 33.9. The van der Waals surface area contributed by atoms with Gasteiger partial charge in [0.15, 0.2) is 23.0 Å². The highest BCUT2D eigenvalue weighted by Crippen LogP contribution is 2.39. The van der Waals surface area contributed by atoms with Crippen molar-refractivity contribution in [3.63, 3.8) is 0 Å². The fourth-order valence-corrected chi connectivity index (χ4v) is 3.93. The van der Waals surface area contributed by atoms with Gasteiger partial charge in [-0.15, -0.1) is 0 Å². The summed E-state index contributed by atoms with van der Waals surface area (Å²) in [5.41, 5.74) is 2.11. The predicted molar refractivity (Wildman–Crippen MR) is 125 cm³/mol. The molecule has 0 aliphatic rings. The van der Waals surface area contributed by atoms with E-state index in [1.165, 1.54) is 0 Å². The van der Waals surface area contributed by atoms with Gasteiger partial charge in [-0.1, -0.05) is 6.08 Å². The number of hydrogen-bond acceptors (Lipinski definition) is 6. The summed E-state index contributed by atoms with van der Waals surface area (Å²) in [6.45, 7) is 6.25. The lowest BCUT2D eigenvalue weighted by Gasteiger charge is -2.18. The minimum absolute atomic E-state index is 0.377. The molecule has 2 aromatic heterocycles. The molecule has 0 unspecified atom stereocenters. The molecule has 0 aliphatic heterocycles. The van der Waals surface area contributed by atoms with Crippen LogP contribution in [0.3, 0.4) is 0 Å². The Balaban J connectivity index is 1.72. The van der Waals surface area contributed by atoms with E-state index in [9.17, 15) is 0 Å². The minimum Gasteiger partial charge on any atom is -0.493 e. The fraction of sp³-hybridized carbons (Fsp3) is 0.308. The molecule has 0 amide bonds. The van der Waals surface area contributed by atoms with Crippen molar-refractivity contribution in [3.8, 4) is 23.0 Å². The normalized spacial score (nSPS) is 12.4. The zero-order chi connectivity index (χ0) is 23.0. The van der Waals surface area contributed by atoms with Crippen LogP contribution in [-0.4, -0.2) is 28.4 Å². The standard InChI is InChI=1S/C26H28O6/c1-15(18-8-16-9-21(27-4)23(29-6)12-19(16)31-18)14-26(2,3)25-11-17-10-22(28-5)24(30-7)13-20(17)32-25/h8-14H,1-7H3. The molecule has 0 radical (unpaired) electrons. The Bertz CT molecular complexity index is 1220. The maximum Gasteiger partial charge on any atom is 0.164 e. The molecule has 0 fully saturated rings. The summed E-state index contributed by atoms with van der Waals surface area (Å²) in [6.07, 6.45) is 2.14. The van der Waals surface area contributed by atoms with E-state index in [-0.39, 0.29) is 5.41 Å². The zero-order valence-corrected chi connectivity index (χ0v) is 19.5. The third-order valence-electron chi connectivity index (χ3n) is 5.65. The van der Waals surface area contributed by atoms with E-state index in [0.29, 0.717) is 23.0 Å². The maximum absolute atomic E-state index is 6.19. The second-order valence-corrected chi connectivity index (χ2v) is 8.26. The Kier molecular flexibility index (Phi) is 5.55. The van der Waals surface area contributed by atoms with Gasteiger partial charge in [-0.05, 0) is 50.6 Å². The van der Waals surface area contributed by atoms with Gasteiger partial charge in [-0.25, -0.2) is 0 Å². The highest BCUT2D eigenvalue weighted by Gasteiger charge is 2.25. The van der Waals surface area contributed by atoms with E-state index in [1.807, 2.05) is 43.3 Å². The summed E-state index contributed by atoms with van der Waals surface area (Å²) in [7, 11) is 6.47. The Morgan fingerprint density at radius 1 is 0.688 bits per heavy atom. The molecule has 0 saturated carbocycles. The molecule has 4 rings (SSSR count). The third-order valence-corrected chi connectivity index (χ3v) is 5.65. The molecule has 0 spiro atoms. The van der Waals surface area contributed by atoms with Crippen molar-refractivity contribution in [2.75, 3.05) is 28.4 Å². The van der Waals surface area contributed by atoms with Gasteiger partial charge in [0.05, 0.1) is 28.4 Å². The van der Waals surface area contributed by atoms with Crippen LogP contribution < -0.4 is 18.9 Å². The van der Waals surface area contributed by atoms with Crippen LogP contribution in [0.4, 0.5) is 0 Å². The molecule has 0 atom stereocenters. The highest BCUT2D eigenvalue weighted by molar-refractivity contribution is 5.85.